The van der Waals surface area contributed by atoms with Crippen LogP contribution >= 0.6 is 0 Å². The number of aryl methyl sites for hydroxylation is 1. The maximum absolute atomic E-state index is 12.5. The molecule has 0 heterocycles. The third kappa shape index (κ3) is 5.16. The van der Waals surface area contributed by atoms with Crippen LogP contribution in [0.15, 0.2) is 24.3 Å². The van der Waals surface area contributed by atoms with Gasteiger partial charge in [0.15, 0.2) is 0 Å². The Morgan fingerprint density at radius 1 is 1.24 bits per heavy atom. The molecule has 0 atom stereocenters. The Kier molecular flexibility index (Phi) is 7.44. The third-order valence-electron chi connectivity index (χ3n) is 4.11. The van der Waals surface area contributed by atoms with E-state index in [0.717, 1.165) is 32.1 Å². The molecule has 0 spiro atoms. The van der Waals surface area contributed by atoms with E-state index in [-0.39, 0.29) is 11.3 Å². The molecule has 0 aliphatic carbocycles. The normalized spacial score (nSPS) is 11.4. The molecule has 1 amide bonds. The summed E-state index contributed by atoms with van der Waals surface area (Å²) in [5, 5.41) is 3.09. The number of rotatable bonds is 9. The predicted octanol–water partition coefficient (Wildman–Crippen LogP) is 3.20. The SMILES string of the molecule is CCCC(CN)(CCC)C(=O)NCCc1cccc(C)c1. The summed E-state index contributed by atoms with van der Waals surface area (Å²) in [4.78, 5) is 12.5. The van der Waals surface area contributed by atoms with Gasteiger partial charge in [-0.1, -0.05) is 56.5 Å². The fourth-order valence-corrected chi connectivity index (χ4v) is 2.98. The van der Waals surface area contributed by atoms with Crippen molar-refractivity contribution in [2.75, 3.05) is 13.1 Å². The van der Waals surface area contributed by atoms with Crippen LogP contribution in [0.3, 0.4) is 0 Å². The second-order valence-electron chi connectivity index (χ2n) is 5.98. The van der Waals surface area contributed by atoms with Crippen LogP contribution < -0.4 is 11.1 Å². The minimum atomic E-state index is -0.379. The van der Waals surface area contributed by atoms with Gasteiger partial charge in [0.2, 0.25) is 5.91 Å². The molecular weight excluding hydrogens is 260 g/mol. The van der Waals surface area contributed by atoms with Crippen LogP contribution in [0.2, 0.25) is 0 Å². The molecule has 0 aliphatic heterocycles. The monoisotopic (exact) mass is 290 g/mol. The van der Waals surface area contributed by atoms with Gasteiger partial charge in [0.05, 0.1) is 5.41 Å². The van der Waals surface area contributed by atoms with Gasteiger partial charge in [-0.2, -0.15) is 0 Å². The average molecular weight is 290 g/mol. The molecule has 0 aliphatic rings. The van der Waals surface area contributed by atoms with E-state index >= 15 is 0 Å². The van der Waals surface area contributed by atoms with Gasteiger partial charge in [0, 0.05) is 13.1 Å². The summed E-state index contributed by atoms with van der Waals surface area (Å²) in [6.07, 6.45) is 4.58. The highest BCUT2D eigenvalue weighted by atomic mass is 16.2. The van der Waals surface area contributed by atoms with Gasteiger partial charge in [0.25, 0.3) is 0 Å². The topological polar surface area (TPSA) is 55.1 Å². The van der Waals surface area contributed by atoms with Crippen molar-refractivity contribution < 1.29 is 4.79 Å². The van der Waals surface area contributed by atoms with Crippen molar-refractivity contribution in [3.63, 3.8) is 0 Å². The lowest BCUT2D eigenvalue weighted by Crippen LogP contribution is -2.46. The van der Waals surface area contributed by atoms with Crippen molar-refractivity contribution in [3.8, 4) is 0 Å². The molecular formula is C18H30N2O. The highest BCUT2D eigenvalue weighted by Gasteiger charge is 2.34. The fourth-order valence-electron chi connectivity index (χ4n) is 2.98. The number of nitrogens with one attached hydrogen (secondary N) is 1. The summed E-state index contributed by atoms with van der Waals surface area (Å²) in [7, 11) is 0. The highest BCUT2D eigenvalue weighted by Crippen LogP contribution is 2.29. The standard InChI is InChI=1S/C18H30N2O/c1-4-10-18(14-19,11-5-2)17(21)20-12-9-16-8-6-7-15(3)13-16/h6-8,13H,4-5,9-12,14,19H2,1-3H3,(H,20,21). The number of hydrogen-bond donors (Lipinski definition) is 2. The first-order chi connectivity index (χ1) is 10.1. The minimum Gasteiger partial charge on any atom is -0.355 e. The summed E-state index contributed by atoms with van der Waals surface area (Å²) in [5.74, 6) is 0.126. The number of benzene rings is 1. The molecule has 21 heavy (non-hydrogen) atoms. The molecule has 1 aromatic carbocycles. The first-order valence-corrected chi connectivity index (χ1v) is 8.12. The number of hydrogen-bond acceptors (Lipinski definition) is 2. The van der Waals surface area contributed by atoms with Gasteiger partial charge in [-0.3, -0.25) is 4.79 Å². The first-order valence-electron chi connectivity index (χ1n) is 8.12. The zero-order valence-corrected chi connectivity index (χ0v) is 13.7. The molecule has 0 bridgehead atoms. The van der Waals surface area contributed by atoms with Crippen molar-refractivity contribution >= 4 is 5.91 Å². The predicted molar refractivity (Wildman–Crippen MR) is 89.2 cm³/mol. The van der Waals surface area contributed by atoms with Crippen LogP contribution in [0.1, 0.15) is 50.7 Å². The van der Waals surface area contributed by atoms with Gasteiger partial charge in [0.1, 0.15) is 0 Å². The zero-order chi connectivity index (χ0) is 15.7. The van der Waals surface area contributed by atoms with E-state index in [2.05, 4.69) is 50.4 Å². The zero-order valence-electron chi connectivity index (χ0n) is 13.7. The van der Waals surface area contributed by atoms with Crippen LogP contribution in [-0.4, -0.2) is 19.0 Å². The molecule has 1 aromatic rings. The van der Waals surface area contributed by atoms with Crippen molar-refractivity contribution in [1.29, 1.82) is 0 Å². The number of carbonyl (C=O) groups excluding carboxylic acids is 1. The quantitative estimate of drug-likeness (QED) is 0.734. The molecule has 0 radical (unpaired) electrons. The van der Waals surface area contributed by atoms with Crippen LogP contribution in [0.5, 0.6) is 0 Å². The second-order valence-corrected chi connectivity index (χ2v) is 5.98. The van der Waals surface area contributed by atoms with Crippen LogP contribution in [0, 0.1) is 12.3 Å². The van der Waals surface area contributed by atoms with E-state index in [4.69, 9.17) is 5.73 Å². The van der Waals surface area contributed by atoms with E-state index in [1.807, 2.05) is 0 Å². The highest BCUT2D eigenvalue weighted by molar-refractivity contribution is 5.82. The van der Waals surface area contributed by atoms with Gasteiger partial charge < -0.3 is 11.1 Å². The van der Waals surface area contributed by atoms with Crippen LogP contribution in [0.25, 0.3) is 0 Å². The molecule has 118 valence electrons. The smallest absolute Gasteiger partial charge is 0.227 e. The van der Waals surface area contributed by atoms with Gasteiger partial charge in [-0.15, -0.1) is 0 Å². The molecule has 3 heteroatoms. The average Bonchev–Trinajstić information content (AvgIpc) is 2.47. The summed E-state index contributed by atoms with van der Waals surface area (Å²) >= 11 is 0. The number of nitrogens with two attached hydrogens (primary N) is 1. The van der Waals surface area contributed by atoms with Crippen molar-refractivity contribution in [3.05, 3.63) is 35.4 Å². The summed E-state index contributed by atoms with van der Waals surface area (Å²) < 4.78 is 0. The van der Waals surface area contributed by atoms with Crippen molar-refractivity contribution in [1.82, 2.24) is 5.32 Å². The lowest BCUT2D eigenvalue weighted by atomic mass is 9.78. The minimum absolute atomic E-state index is 0.126. The molecule has 3 N–H and O–H groups in total. The third-order valence-corrected chi connectivity index (χ3v) is 4.11. The summed E-state index contributed by atoms with van der Waals surface area (Å²) in [5.41, 5.74) is 8.06. The van der Waals surface area contributed by atoms with Crippen molar-refractivity contribution in [2.24, 2.45) is 11.1 Å². The van der Waals surface area contributed by atoms with Gasteiger partial charge in [-0.05, 0) is 31.7 Å². The Morgan fingerprint density at radius 3 is 2.43 bits per heavy atom. The molecule has 0 saturated heterocycles. The van der Waals surface area contributed by atoms with E-state index in [9.17, 15) is 4.79 Å². The Balaban J connectivity index is 2.57. The van der Waals surface area contributed by atoms with Crippen molar-refractivity contribution in [2.45, 2.75) is 52.9 Å². The summed E-state index contributed by atoms with van der Waals surface area (Å²) in [6, 6.07) is 8.42. The van der Waals surface area contributed by atoms with E-state index < -0.39 is 0 Å². The Hall–Kier alpha value is -1.35. The molecule has 0 saturated carbocycles. The first kappa shape index (κ1) is 17.7. The molecule has 3 nitrogen and oxygen atoms in total. The van der Waals surface area contributed by atoms with Crippen LogP contribution in [0.4, 0.5) is 0 Å². The number of carbonyl (C=O) groups is 1. The van der Waals surface area contributed by atoms with E-state index in [1.54, 1.807) is 0 Å². The number of amides is 1. The molecule has 0 aromatic heterocycles. The Bertz CT molecular complexity index is 437. The Labute approximate surface area is 129 Å². The summed E-state index contributed by atoms with van der Waals surface area (Å²) in [6.45, 7) is 7.42. The van der Waals surface area contributed by atoms with Gasteiger partial charge in [-0.25, -0.2) is 0 Å². The molecule has 0 unspecified atom stereocenters. The molecule has 1 rings (SSSR count). The largest absolute Gasteiger partial charge is 0.355 e. The fraction of sp³-hybridized carbons (Fsp3) is 0.611. The maximum Gasteiger partial charge on any atom is 0.227 e. The second kappa shape index (κ2) is 8.83. The van der Waals surface area contributed by atoms with Gasteiger partial charge >= 0.3 is 0 Å². The lowest BCUT2D eigenvalue weighted by Gasteiger charge is -2.30. The van der Waals surface area contributed by atoms with E-state index in [0.29, 0.717) is 13.1 Å². The lowest BCUT2D eigenvalue weighted by molar-refractivity contribution is -0.131. The molecule has 0 fully saturated rings. The Morgan fingerprint density at radius 2 is 1.90 bits per heavy atom. The van der Waals surface area contributed by atoms with Crippen LogP contribution in [-0.2, 0) is 11.2 Å². The van der Waals surface area contributed by atoms with E-state index in [1.165, 1.54) is 11.1 Å². The maximum atomic E-state index is 12.5.